The zero-order valence-corrected chi connectivity index (χ0v) is 5.55. The van der Waals surface area contributed by atoms with Gasteiger partial charge in [-0.15, -0.1) is 0 Å². The lowest BCUT2D eigenvalue weighted by molar-refractivity contribution is 1.10. The number of nitrogens with zero attached hydrogens (tertiary/aromatic N) is 2. The summed E-state index contributed by atoms with van der Waals surface area (Å²) in [7, 11) is 1.85. The van der Waals surface area contributed by atoms with Crippen molar-refractivity contribution in [2.75, 3.05) is 12.4 Å². The Balaban J connectivity index is 3.01. The summed E-state index contributed by atoms with van der Waals surface area (Å²) < 4.78 is 0. The van der Waals surface area contributed by atoms with Crippen molar-refractivity contribution < 1.29 is 0 Å². The average molecular weight is 123 g/mol. The second kappa shape index (κ2) is 2.44. The number of nitrogens with one attached hydrogen (secondary N) is 1. The van der Waals surface area contributed by atoms with E-state index in [1.807, 2.05) is 14.0 Å². The van der Waals surface area contributed by atoms with Gasteiger partial charge in [-0.1, -0.05) is 0 Å². The van der Waals surface area contributed by atoms with Gasteiger partial charge in [0.1, 0.15) is 6.33 Å². The summed E-state index contributed by atoms with van der Waals surface area (Å²) in [5.74, 6) is 0. The Morgan fingerprint density at radius 1 is 1.56 bits per heavy atom. The van der Waals surface area contributed by atoms with Crippen molar-refractivity contribution in [2.45, 2.75) is 6.92 Å². The van der Waals surface area contributed by atoms with E-state index in [4.69, 9.17) is 0 Å². The SMILES string of the molecule is CNc1cncnc1C. The number of hydrogen-bond donors (Lipinski definition) is 1. The van der Waals surface area contributed by atoms with Crippen molar-refractivity contribution in [3.63, 3.8) is 0 Å². The second-order valence-corrected chi connectivity index (χ2v) is 1.77. The van der Waals surface area contributed by atoms with Gasteiger partial charge in [-0.3, -0.25) is 0 Å². The smallest absolute Gasteiger partial charge is 0.115 e. The molecule has 0 aliphatic carbocycles. The van der Waals surface area contributed by atoms with Crippen LogP contribution in [0.4, 0.5) is 5.69 Å². The van der Waals surface area contributed by atoms with Crippen LogP contribution >= 0.6 is 0 Å². The van der Waals surface area contributed by atoms with Gasteiger partial charge in [0, 0.05) is 7.05 Å². The molecule has 0 bridgehead atoms. The van der Waals surface area contributed by atoms with Gasteiger partial charge in [0.05, 0.1) is 17.6 Å². The summed E-state index contributed by atoms with van der Waals surface area (Å²) in [6.07, 6.45) is 3.29. The first-order valence-electron chi connectivity index (χ1n) is 2.79. The standard InChI is InChI=1S/C6H9N3/c1-5-6(7-2)3-8-4-9-5/h3-4,7H,1-2H3. The second-order valence-electron chi connectivity index (χ2n) is 1.77. The van der Waals surface area contributed by atoms with E-state index in [1.165, 1.54) is 6.33 Å². The molecule has 0 saturated carbocycles. The molecule has 1 rings (SSSR count). The van der Waals surface area contributed by atoms with Crippen molar-refractivity contribution in [3.05, 3.63) is 18.2 Å². The van der Waals surface area contributed by atoms with Crippen LogP contribution in [0.3, 0.4) is 0 Å². The average Bonchev–Trinajstić information content (AvgIpc) is 1.89. The van der Waals surface area contributed by atoms with Gasteiger partial charge < -0.3 is 5.32 Å². The number of aryl methyl sites for hydroxylation is 1. The molecular weight excluding hydrogens is 114 g/mol. The maximum absolute atomic E-state index is 3.98. The van der Waals surface area contributed by atoms with Crippen LogP contribution in [0.2, 0.25) is 0 Å². The fourth-order valence-corrected chi connectivity index (χ4v) is 0.636. The van der Waals surface area contributed by atoms with Crippen molar-refractivity contribution in [2.24, 2.45) is 0 Å². The van der Waals surface area contributed by atoms with Gasteiger partial charge in [-0.2, -0.15) is 0 Å². The number of hydrogen-bond acceptors (Lipinski definition) is 3. The molecule has 0 amide bonds. The molecular formula is C6H9N3. The van der Waals surface area contributed by atoms with Crippen LogP contribution in [0.15, 0.2) is 12.5 Å². The summed E-state index contributed by atoms with van der Waals surface area (Å²) in [6, 6.07) is 0. The molecule has 0 radical (unpaired) electrons. The summed E-state index contributed by atoms with van der Waals surface area (Å²) in [4.78, 5) is 7.82. The quantitative estimate of drug-likeness (QED) is 0.601. The van der Waals surface area contributed by atoms with E-state index in [2.05, 4.69) is 15.3 Å². The topological polar surface area (TPSA) is 37.8 Å². The molecule has 0 atom stereocenters. The minimum absolute atomic E-state index is 0.979. The van der Waals surface area contributed by atoms with Gasteiger partial charge in [0.2, 0.25) is 0 Å². The molecule has 3 nitrogen and oxygen atoms in total. The molecule has 0 fully saturated rings. The Bertz CT molecular complexity index is 197. The summed E-state index contributed by atoms with van der Waals surface area (Å²) >= 11 is 0. The highest BCUT2D eigenvalue weighted by Crippen LogP contribution is 2.05. The van der Waals surface area contributed by atoms with Gasteiger partial charge in [0.25, 0.3) is 0 Å². The van der Waals surface area contributed by atoms with Gasteiger partial charge >= 0.3 is 0 Å². The number of rotatable bonds is 1. The Morgan fingerprint density at radius 2 is 2.33 bits per heavy atom. The maximum atomic E-state index is 3.98. The molecule has 9 heavy (non-hydrogen) atoms. The molecule has 1 heterocycles. The molecule has 48 valence electrons. The Hall–Kier alpha value is -1.12. The van der Waals surface area contributed by atoms with Crippen molar-refractivity contribution in [1.82, 2.24) is 9.97 Å². The minimum Gasteiger partial charge on any atom is -0.385 e. The van der Waals surface area contributed by atoms with Crippen LogP contribution in [-0.4, -0.2) is 17.0 Å². The normalized spacial score (nSPS) is 9.11. The van der Waals surface area contributed by atoms with E-state index >= 15 is 0 Å². The zero-order valence-electron chi connectivity index (χ0n) is 5.55. The van der Waals surface area contributed by atoms with Gasteiger partial charge in [-0.05, 0) is 6.92 Å². The lowest BCUT2D eigenvalue weighted by Gasteiger charge is -1.99. The van der Waals surface area contributed by atoms with E-state index < -0.39 is 0 Å². The first kappa shape index (κ1) is 6.01. The Morgan fingerprint density at radius 3 is 2.78 bits per heavy atom. The minimum atomic E-state index is 0.979. The van der Waals surface area contributed by atoms with E-state index in [9.17, 15) is 0 Å². The molecule has 0 saturated heterocycles. The van der Waals surface area contributed by atoms with Crippen molar-refractivity contribution in [1.29, 1.82) is 0 Å². The van der Waals surface area contributed by atoms with Crippen LogP contribution in [0.1, 0.15) is 5.69 Å². The van der Waals surface area contributed by atoms with Crippen LogP contribution < -0.4 is 5.32 Å². The molecule has 0 spiro atoms. The van der Waals surface area contributed by atoms with Crippen molar-refractivity contribution in [3.8, 4) is 0 Å². The van der Waals surface area contributed by atoms with E-state index in [1.54, 1.807) is 6.20 Å². The molecule has 1 aromatic heterocycles. The van der Waals surface area contributed by atoms with Crippen LogP contribution in [0.25, 0.3) is 0 Å². The lowest BCUT2D eigenvalue weighted by Crippen LogP contribution is -1.93. The predicted octanol–water partition coefficient (Wildman–Crippen LogP) is 0.827. The van der Waals surface area contributed by atoms with Crippen LogP contribution in [0.5, 0.6) is 0 Å². The fraction of sp³-hybridized carbons (Fsp3) is 0.333. The Labute approximate surface area is 54.2 Å². The highest BCUT2D eigenvalue weighted by atomic mass is 14.9. The number of aromatic nitrogens is 2. The van der Waals surface area contributed by atoms with Gasteiger partial charge in [0.15, 0.2) is 0 Å². The highest BCUT2D eigenvalue weighted by Gasteiger charge is 1.91. The number of anilines is 1. The zero-order chi connectivity index (χ0) is 6.69. The van der Waals surface area contributed by atoms with Gasteiger partial charge in [-0.25, -0.2) is 9.97 Å². The molecule has 3 heteroatoms. The van der Waals surface area contributed by atoms with Crippen LogP contribution in [-0.2, 0) is 0 Å². The third-order valence-corrected chi connectivity index (χ3v) is 1.18. The predicted molar refractivity (Wildman–Crippen MR) is 36.3 cm³/mol. The van der Waals surface area contributed by atoms with Crippen molar-refractivity contribution >= 4 is 5.69 Å². The monoisotopic (exact) mass is 123 g/mol. The Kier molecular flexibility index (Phi) is 1.63. The third-order valence-electron chi connectivity index (χ3n) is 1.18. The lowest BCUT2D eigenvalue weighted by atomic mass is 10.4. The molecule has 1 N–H and O–H groups in total. The summed E-state index contributed by atoms with van der Waals surface area (Å²) in [5.41, 5.74) is 1.96. The molecule has 1 aromatic rings. The maximum Gasteiger partial charge on any atom is 0.115 e. The molecule has 0 aromatic carbocycles. The molecule has 0 aliphatic rings. The molecule has 0 aliphatic heterocycles. The molecule has 0 unspecified atom stereocenters. The first-order chi connectivity index (χ1) is 4.34. The summed E-state index contributed by atoms with van der Waals surface area (Å²) in [6.45, 7) is 1.94. The third kappa shape index (κ3) is 1.16. The fourth-order valence-electron chi connectivity index (χ4n) is 0.636. The first-order valence-corrected chi connectivity index (χ1v) is 2.79. The largest absolute Gasteiger partial charge is 0.385 e. The van der Waals surface area contributed by atoms with Crippen LogP contribution in [0, 0.1) is 6.92 Å². The van der Waals surface area contributed by atoms with E-state index in [-0.39, 0.29) is 0 Å². The summed E-state index contributed by atoms with van der Waals surface area (Å²) in [5, 5.41) is 2.97. The van der Waals surface area contributed by atoms with E-state index in [0.717, 1.165) is 11.4 Å². The van der Waals surface area contributed by atoms with E-state index in [0.29, 0.717) is 0 Å². The highest BCUT2D eigenvalue weighted by molar-refractivity contribution is 5.43.